The molecule has 0 aliphatic carbocycles. The number of fused-ring (bicyclic) bond motifs is 1. The molecule has 0 spiro atoms. The van der Waals surface area contributed by atoms with Gasteiger partial charge in [-0.2, -0.15) is 0 Å². The average molecular weight is 215 g/mol. The molecule has 1 aromatic carbocycles. The van der Waals surface area contributed by atoms with Crippen molar-refractivity contribution >= 4 is 11.4 Å². The number of rotatable bonds is 1. The fraction of sp³-hybridized carbons (Fsp3) is 0.385. The van der Waals surface area contributed by atoms with Gasteiger partial charge in [-0.1, -0.05) is 0 Å². The van der Waals surface area contributed by atoms with E-state index in [0.717, 1.165) is 24.7 Å². The summed E-state index contributed by atoms with van der Waals surface area (Å²) in [7, 11) is 2.15. The number of anilines is 2. The van der Waals surface area contributed by atoms with Gasteiger partial charge < -0.3 is 15.5 Å². The molecule has 1 saturated heterocycles. The van der Waals surface area contributed by atoms with E-state index >= 15 is 0 Å². The Hall–Kier alpha value is -1.64. The summed E-state index contributed by atoms with van der Waals surface area (Å²) < 4.78 is 0. The average Bonchev–Trinajstić information content (AvgIpc) is 2.75. The molecule has 0 bridgehead atoms. The first-order chi connectivity index (χ1) is 7.72. The third-order valence-corrected chi connectivity index (χ3v) is 3.49. The van der Waals surface area contributed by atoms with Gasteiger partial charge >= 0.3 is 0 Å². The lowest BCUT2D eigenvalue weighted by molar-refractivity contribution is 0.442. The van der Waals surface area contributed by atoms with E-state index < -0.39 is 0 Å². The van der Waals surface area contributed by atoms with Crippen LogP contribution in [-0.2, 0) is 0 Å². The Morgan fingerprint density at radius 1 is 1.19 bits per heavy atom. The Balaban J connectivity index is 1.80. The lowest BCUT2D eigenvalue weighted by Gasteiger charge is -2.20. The summed E-state index contributed by atoms with van der Waals surface area (Å²) in [4.78, 5) is 4.73. The van der Waals surface area contributed by atoms with Crippen molar-refractivity contribution in [2.24, 2.45) is 5.92 Å². The van der Waals surface area contributed by atoms with Crippen molar-refractivity contribution in [2.45, 2.75) is 0 Å². The maximum absolute atomic E-state index is 5.70. The number of benzene rings is 1. The SMILES string of the molecule is CN1C=C2CN(c3ccc(N)cc3)CC2C1. The van der Waals surface area contributed by atoms with Crippen LogP contribution in [-0.4, -0.2) is 31.6 Å². The molecule has 1 fully saturated rings. The first-order valence-corrected chi connectivity index (χ1v) is 5.74. The van der Waals surface area contributed by atoms with Gasteiger partial charge in [0.05, 0.1) is 0 Å². The lowest BCUT2D eigenvalue weighted by atomic mass is 10.1. The smallest absolute Gasteiger partial charge is 0.0410 e. The molecular weight excluding hydrogens is 198 g/mol. The van der Waals surface area contributed by atoms with Crippen molar-refractivity contribution in [3.8, 4) is 0 Å². The van der Waals surface area contributed by atoms with Gasteiger partial charge in [0, 0.05) is 50.2 Å². The van der Waals surface area contributed by atoms with E-state index in [2.05, 4.69) is 35.2 Å². The summed E-state index contributed by atoms with van der Waals surface area (Å²) >= 11 is 0. The number of nitrogens with zero attached hydrogens (tertiary/aromatic N) is 2. The molecule has 1 atom stereocenters. The topological polar surface area (TPSA) is 32.5 Å². The van der Waals surface area contributed by atoms with Gasteiger partial charge in [0.25, 0.3) is 0 Å². The first kappa shape index (κ1) is 9.58. The van der Waals surface area contributed by atoms with Gasteiger partial charge in [0.15, 0.2) is 0 Å². The molecule has 0 radical (unpaired) electrons. The highest BCUT2D eigenvalue weighted by atomic mass is 15.2. The maximum atomic E-state index is 5.70. The largest absolute Gasteiger partial charge is 0.399 e. The van der Waals surface area contributed by atoms with Crippen LogP contribution >= 0.6 is 0 Å². The summed E-state index contributed by atoms with van der Waals surface area (Å²) in [5.41, 5.74) is 9.39. The van der Waals surface area contributed by atoms with Crippen molar-refractivity contribution in [2.75, 3.05) is 37.3 Å². The highest BCUT2D eigenvalue weighted by Crippen LogP contribution is 2.32. The standard InChI is InChI=1S/C13H17N3/c1-15-6-10-8-16(9-11(10)7-15)13-4-2-12(14)3-5-13/h2-6,11H,7-9,14H2,1H3. The molecule has 2 aliphatic heterocycles. The maximum Gasteiger partial charge on any atom is 0.0410 e. The number of nitrogen functional groups attached to an aromatic ring is 1. The summed E-state index contributed by atoms with van der Waals surface area (Å²) in [6.45, 7) is 3.37. The van der Waals surface area contributed by atoms with Gasteiger partial charge in [-0.25, -0.2) is 0 Å². The van der Waals surface area contributed by atoms with Crippen molar-refractivity contribution in [1.29, 1.82) is 0 Å². The van der Waals surface area contributed by atoms with Crippen LogP contribution in [0.3, 0.4) is 0 Å². The minimum Gasteiger partial charge on any atom is -0.399 e. The molecule has 1 aromatic rings. The molecule has 0 amide bonds. The van der Waals surface area contributed by atoms with Crippen LogP contribution in [0.1, 0.15) is 0 Å². The first-order valence-electron chi connectivity index (χ1n) is 5.74. The normalized spacial score (nSPS) is 23.6. The van der Waals surface area contributed by atoms with Gasteiger partial charge in [-0.15, -0.1) is 0 Å². The molecule has 16 heavy (non-hydrogen) atoms. The summed E-state index contributed by atoms with van der Waals surface area (Å²) in [6, 6.07) is 8.18. The van der Waals surface area contributed by atoms with Crippen molar-refractivity contribution in [3.63, 3.8) is 0 Å². The summed E-state index contributed by atoms with van der Waals surface area (Å²) in [5, 5.41) is 0. The lowest BCUT2D eigenvalue weighted by Crippen LogP contribution is -2.23. The Labute approximate surface area is 96.1 Å². The molecule has 3 heteroatoms. The van der Waals surface area contributed by atoms with Crippen LogP contribution in [0.15, 0.2) is 36.0 Å². The zero-order valence-corrected chi connectivity index (χ0v) is 9.56. The number of nitrogens with two attached hydrogens (primary N) is 1. The van der Waals surface area contributed by atoms with Crippen LogP contribution in [0, 0.1) is 5.92 Å². The van der Waals surface area contributed by atoms with E-state index in [4.69, 9.17) is 5.73 Å². The fourth-order valence-corrected chi connectivity index (χ4v) is 2.68. The van der Waals surface area contributed by atoms with Crippen molar-refractivity contribution < 1.29 is 0 Å². The van der Waals surface area contributed by atoms with Crippen LogP contribution in [0.5, 0.6) is 0 Å². The molecule has 1 unspecified atom stereocenters. The zero-order chi connectivity index (χ0) is 11.1. The van der Waals surface area contributed by atoms with Gasteiger partial charge in [-0.05, 0) is 29.8 Å². The van der Waals surface area contributed by atoms with Crippen molar-refractivity contribution in [3.05, 3.63) is 36.0 Å². The van der Waals surface area contributed by atoms with E-state index in [9.17, 15) is 0 Å². The Bertz CT molecular complexity index is 421. The molecular formula is C13H17N3. The van der Waals surface area contributed by atoms with Crippen LogP contribution in [0.2, 0.25) is 0 Å². The monoisotopic (exact) mass is 215 g/mol. The predicted molar refractivity (Wildman–Crippen MR) is 67.3 cm³/mol. The van der Waals surface area contributed by atoms with E-state index in [0.29, 0.717) is 0 Å². The molecule has 2 heterocycles. The van der Waals surface area contributed by atoms with Crippen LogP contribution in [0.4, 0.5) is 11.4 Å². The van der Waals surface area contributed by atoms with Gasteiger partial charge in [0.2, 0.25) is 0 Å². The Morgan fingerprint density at radius 2 is 1.94 bits per heavy atom. The second kappa shape index (κ2) is 3.44. The second-order valence-corrected chi connectivity index (χ2v) is 4.81. The van der Waals surface area contributed by atoms with E-state index in [1.54, 1.807) is 5.57 Å². The molecule has 0 aromatic heterocycles. The van der Waals surface area contributed by atoms with Crippen LogP contribution < -0.4 is 10.6 Å². The molecule has 2 aliphatic rings. The van der Waals surface area contributed by atoms with E-state index in [1.807, 2.05) is 12.1 Å². The quantitative estimate of drug-likeness (QED) is 0.721. The highest BCUT2D eigenvalue weighted by molar-refractivity contribution is 5.55. The predicted octanol–water partition coefficient (Wildman–Crippen LogP) is 1.53. The Morgan fingerprint density at radius 3 is 2.62 bits per heavy atom. The number of hydrogen-bond donors (Lipinski definition) is 1. The molecule has 0 saturated carbocycles. The van der Waals surface area contributed by atoms with E-state index in [-0.39, 0.29) is 0 Å². The minimum absolute atomic E-state index is 0.725. The second-order valence-electron chi connectivity index (χ2n) is 4.81. The molecule has 3 nitrogen and oxygen atoms in total. The molecule has 84 valence electrons. The van der Waals surface area contributed by atoms with Gasteiger partial charge in [0.1, 0.15) is 0 Å². The fourth-order valence-electron chi connectivity index (χ4n) is 2.68. The summed E-state index contributed by atoms with van der Waals surface area (Å²) in [6.07, 6.45) is 2.29. The Kier molecular flexibility index (Phi) is 2.06. The van der Waals surface area contributed by atoms with E-state index in [1.165, 1.54) is 12.2 Å². The molecule has 2 N–H and O–H groups in total. The number of hydrogen-bond acceptors (Lipinski definition) is 3. The highest BCUT2D eigenvalue weighted by Gasteiger charge is 2.31. The third kappa shape index (κ3) is 1.52. The zero-order valence-electron chi connectivity index (χ0n) is 9.56. The van der Waals surface area contributed by atoms with Gasteiger partial charge in [-0.3, -0.25) is 0 Å². The molecule has 3 rings (SSSR count). The summed E-state index contributed by atoms with van der Waals surface area (Å²) in [5.74, 6) is 0.725. The van der Waals surface area contributed by atoms with Crippen molar-refractivity contribution in [1.82, 2.24) is 4.90 Å². The minimum atomic E-state index is 0.725. The van der Waals surface area contributed by atoms with Crippen LogP contribution in [0.25, 0.3) is 0 Å². The third-order valence-electron chi connectivity index (χ3n) is 3.49.